The van der Waals surface area contributed by atoms with Crippen LogP contribution in [0.1, 0.15) is 26.2 Å². The molecule has 0 radical (unpaired) electrons. The summed E-state index contributed by atoms with van der Waals surface area (Å²) in [5.74, 6) is -0.758. The van der Waals surface area contributed by atoms with Gasteiger partial charge in [-0.3, -0.25) is 0 Å². The van der Waals surface area contributed by atoms with E-state index in [4.69, 9.17) is 10.2 Å². The van der Waals surface area contributed by atoms with Crippen molar-refractivity contribution in [2.24, 2.45) is 5.92 Å². The second-order valence-corrected chi connectivity index (χ2v) is 3.23. The van der Waals surface area contributed by atoms with Gasteiger partial charge in [-0.2, -0.15) is 0 Å². The molecule has 0 aliphatic heterocycles. The molecule has 1 aliphatic rings. The second-order valence-electron chi connectivity index (χ2n) is 3.23. The summed E-state index contributed by atoms with van der Waals surface area (Å²) >= 11 is 0. The largest absolute Gasteiger partial charge is 0.478 e. The Hall–Kier alpha value is -0.830. The molecule has 0 spiro atoms. The molecule has 3 nitrogen and oxygen atoms in total. The van der Waals surface area contributed by atoms with Gasteiger partial charge in [0.25, 0.3) is 0 Å². The lowest BCUT2D eigenvalue weighted by atomic mass is 9.99. The highest BCUT2D eigenvalue weighted by atomic mass is 16.4. The van der Waals surface area contributed by atoms with Crippen molar-refractivity contribution in [1.82, 2.24) is 0 Å². The third-order valence-electron chi connectivity index (χ3n) is 2.51. The van der Waals surface area contributed by atoms with E-state index in [-0.39, 0.29) is 12.5 Å². The minimum atomic E-state index is -0.856. The first-order valence-electron chi connectivity index (χ1n) is 4.20. The van der Waals surface area contributed by atoms with Crippen LogP contribution in [0.25, 0.3) is 0 Å². The van der Waals surface area contributed by atoms with E-state index in [0.717, 1.165) is 24.8 Å². The fourth-order valence-corrected chi connectivity index (χ4v) is 1.75. The molecule has 68 valence electrons. The average molecular weight is 170 g/mol. The molecule has 0 amide bonds. The van der Waals surface area contributed by atoms with Gasteiger partial charge in [0.05, 0.1) is 0 Å². The van der Waals surface area contributed by atoms with E-state index in [1.807, 2.05) is 0 Å². The molecule has 0 aromatic carbocycles. The first-order chi connectivity index (χ1) is 5.66. The van der Waals surface area contributed by atoms with Crippen molar-refractivity contribution in [2.75, 3.05) is 6.61 Å². The zero-order chi connectivity index (χ0) is 9.14. The maximum atomic E-state index is 10.6. The molecule has 0 saturated heterocycles. The van der Waals surface area contributed by atoms with Gasteiger partial charge in [-0.05, 0) is 26.2 Å². The molecular formula is C9H14O3. The lowest BCUT2D eigenvalue weighted by molar-refractivity contribution is -0.132. The zero-order valence-electron chi connectivity index (χ0n) is 7.21. The van der Waals surface area contributed by atoms with E-state index in [1.165, 1.54) is 0 Å². The Morgan fingerprint density at radius 3 is 2.83 bits per heavy atom. The van der Waals surface area contributed by atoms with Crippen LogP contribution in [0.5, 0.6) is 0 Å². The predicted octanol–water partition coefficient (Wildman–Crippen LogP) is 1.18. The second kappa shape index (κ2) is 3.72. The van der Waals surface area contributed by atoms with Gasteiger partial charge >= 0.3 is 5.97 Å². The minimum absolute atomic E-state index is 0.0833. The van der Waals surface area contributed by atoms with Crippen molar-refractivity contribution in [1.29, 1.82) is 0 Å². The monoisotopic (exact) mass is 170 g/mol. The lowest BCUT2D eigenvalue weighted by Crippen LogP contribution is -2.08. The lowest BCUT2D eigenvalue weighted by Gasteiger charge is -2.09. The van der Waals surface area contributed by atoms with Crippen LogP contribution in [0.4, 0.5) is 0 Å². The van der Waals surface area contributed by atoms with Crippen molar-refractivity contribution in [3.63, 3.8) is 0 Å². The van der Waals surface area contributed by atoms with Crippen molar-refractivity contribution in [2.45, 2.75) is 26.2 Å². The van der Waals surface area contributed by atoms with E-state index in [9.17, 15) is 4.79 Å². The molecule has 0 bridgehead atoms. The Morgan fingerprint density at radius 2 is 2.33 bits per heavy atom. The van der Waals surface area contributed by atoms with E-state index >= 15 is 0 Å². The predicted molar refractivity (Wildman–Crippen MR) is 44.8 cm³/mol. The van der Waals surface area contributed by atoms with Crippen LogP contribution in [0, 0.1) is 5.92 Å². The first-order valence-corrected chi connectivity index (χ1v) is 4.20. The van der Waals surface area contributed by atoms with Crippen molar-refractivity contribution in [3.05, 3.63) is 11.1 Å². The summed E-state index contributed by atoms with van der Waals surface area (Å²) in [4.78, 5) is 10.6. The number of aliphatic carboxylic acids is 1. The molecule has 1 fully saturated rings. The number of carbonyl (C=O) groups is 1. The molecule has 2 N–H and O–H groups in total. The van der Waals surface area contributed by atoms with Gasteiger partial charge in [0.2, 0.25) is 0 Å². The fourth-order valence-electron chi connectivity index (χ4n) is 1.75. The normalized spacial score (nSPS) is 27.3. The Morgan fingerprint density at radius 1 is 1.67 bits per heavy atom. The van der Waals surface area contributed by atoms with Gasteiger partial charge in [-0.15, -0.1) is 0 Å². The van der Waals surface area contributed by atoms with Gasteiger partial charge < -0.3 is 10.2 Å². The van der Waals surface area contributed by atoms with Gasteiger partial charge in [-0.25, -0.2) is 4.79 Å². The number of hydrogen-bond donors (Lipinski definition) is 2. The summed E-state index contributed by atoms with van der Waals surface area (Å²) < 4.78 is 0. The third-order valence-corrected chi connectivity index (χ3v) is 2.51. The van der Waals surface area contributed by atoms with Crippen LogP contribution in [-0.2, 0) is 4.79 Å². The SMILES string of the molecule is CC(C(=O)O)=C1CCCC1CO. The van der Waals surface area contributed by atoms with Crippen LogP contribution >= 0.6 is 0 Å². The number of aliphatic hydroxyl groups is 1. The average Bonchev–Trinajstić information content (AvgIpc) is 2.49. The summed E-state index contributed by atoms with van der Waals surface area (Å²) in [6.07, 6.45) is 2.77. The van der Waals surface area contributed by atoms with Gasteiger partial charge in [-0.1, -0.05) is 5.57 Å². The van der Waals surface area contributed by atoms with Gasteiger partial charge in [0, 0.05) is 18.1 Å². The topological polar surface area (TPSA) is 57.5 Å². The van der Waals surface area contributed by atoms with Crippen LogP contribution in [0.15, 0.2) is 11.1 Å². The van der Waals surface area contributed by atoms with Gasteiger partial charge in [0.15, 0.2) is 0 Å². The molecule has 0 heterocycles. The molecule has 1 atom stereocenters. The highest BCUT2D eigenvalue weighted by Gasteiger charge is 2.23. The van der Waals surface area contributed by atoms with Crippen LogP contribution < -0.4 is 0 Å². The minimum Gasteiger partial charge on any atom is -0.478 e. The molecule has 3 heteroatoms. The summed E-state index contributed by atoms with van der Waals surface area (Å²) in [7, 11) is 0. The van der Waals surface area contributed by atoms with E-state index in [0.29, 0.717) is 5.57 Å². The van der Waals surface area contributed by atoms with Crippen LogP contribution in [-0.4, -0.2) is 22.8 Å². The van der Waals surface area contributed by atoms with E-state index < -0.39 is 5.97 Å². The summed E-state index contributed by atoms with van der Waals surface area (Å²) in [5.41, 5.74) is 1.36. The first kappa shape index (κ1) is 9.26. The Labute approximate surface area is 71.7 Å². The molecule has 1 saturated carbocycles. The van der Waals surface area contributed by atoms with E-state index in [1.54, 1.807) is 6.92 Å². The third kappa shape index (κ3) is 1.67. The molecule has 0 aromatic rings. The fraction of sp³-hybridized carbons (Fsp3) is 0.667. The van der Waals surface area contributed by atoms with Crippen LogP contribution in [0.3, 0.4) is 0 Å². The Balaban J connectivity index is 2.84. The summed E-state index contributed by atoms with van der Waals surface area (Å²) in [5, 5.41) is 17.7. The number of carboxylic acids is 1. The van der Waals surface area contributed by atoms with Crippen molar-refractivity contribution < 1.29 is 15.0 Å². The Bertz CT molecular complexity index is 218. The molecule has 1 unspecified atom stereocenters. The van der Waals surface area contributed by atoms with Crippen molar-refractivity contribution in [3.8, 4) is 0 Å². The van der Waals surface area contributed by atoms with Crippen molar-refractivity contribution >= 4 is 5.97 Å². The summed E-state index contributed by atoms with van der Waals surface area (Å²) in [6.45, 7) is 1.70. The van der Waals surface area contributed by atoms with E-state index in [2.05, 4.69) is 0 Å². The molecule has 0 aromatic heterocycles. The smallest absolute Gasteiger partial charge is 0.331 e. The quantitative estimate of drug-likeness (QED) is 0.612. The number of rotatable bonds is 2. The highest BCUT2D eigenvalue weighted by molar-refractivity contribution is 5.87. The molecular weight excluding hydrogens is 156 g/mol. The maximum absolute atomic E-state index is 10.6. The van der Waals surface area contributed by atoms with Crippen LogP contribution in [0.2, 0.25) is 0 Å². The molecule has 1 rings (SSSR count). The molecule has 1 aliphatic carbocycles. The number of carboxylic acid groups (broad SMARTS) is 1. The molecule has 12 heavy (non-hydrogen) atoms. The van der Waals surface area contributed by atoms with Gasteiger partial charge in [0.1, 0.15) is 0 Å². The maximum Gasteiger partial charge on any atom is 0.331 e. The standard InChI is InChI=1S/C9H14O3/c1-6(9(11)12)8-4-2-3-7(8)5-10/h7,10H,2-5H2,1H3,(H,11,12). The summed E-state index contributed by atoms with van der Waals surface area (Å²) in [6, 6.07) is 0. The highest BCUT2D eigenvalue weighted by Crippen LogP contribution is 2.32. The zero-order valence-corrected chi connectivity index (χ0v) is 7.21. The number of hydrogen-bond acceptors (Lipinski definition) is 2. The number of aliphatic hydroxyl groups excluding tert-OH is 1. The Kier molecular flexibility index (Phi) is 2.87.